The fraction of sp³-hybridized carbons (Fsp3) is 0.333. The first-order chi connectivity index (χ1) is 8.60. The molecule has 18 heavy (non-hydrogen) atoms. The normalized spacial score (nSPS) is 9.56. The Morgan fingerprint density at radius 3 is 2.50 bits per heavy atom. The van der Waals surface area contributed by atoms with Gasteiger partial charge in [0.25, 0.3) is 11.6 Å². The van der Waals surface area contributed by atoms with Crippen LogP contribution in [-0.2, 0) is 0 Å². The smallest absolute Gasteiger partial charge is 0.269 e. The van der Waals surface area contributed by atoms with Crippen molar-refractivity contribution in [3.8, 4) is 6.07 Å². The highest BCUT2D eigenvalue weighted by Crippen LogP contribution is 2.13. The molecule has 0 unspecified atom stereocenters. The Labute approximate surface area is 105 Å². The molecule has 0 aliphatic heterocycles. The van der Waals surface area contributed by atoms with Gasteiger partial charge in [-0.05, 0) is 19.1 Å². The van der Waals surface area contributed by atoms with E-state index in [1.165, 1.54) is 29.2 Å². The van der Waals surface area contributed by atoms with E-state index in [0.29, 0.717) is 18.7 Å². The van der Waals surface area contributed by atoms with E-state index < -0.39 is 4.92 Å². The van der Waals surface area contributed by atoms with Crippen LogP contribution in [0.3, 0.4) is 0 Å². The third kappa shape index (κ3) is 3.28. The maximum atomic E-state index is 12.0. The lowest BCUT2D eigenvalue weighted by molar-refractivity contribution is -0.384. The van der Waals surface area contributed by atoms with Crippen molar-refractivity contribution in [2.75, 3.05) is 13.1 Å². The molecular weight excluding hydrogens is 234 g/mol. The van der Waals surface area contributed by atoms with Gasteiger partial charge in [0.2, 0.25) is 0 Å². The lowest BCUT2D eigenvalue weighted by Gasteiger charge is -2.19. The van der Waals surface area contributed by atoms with E-state index in [4.69, 9.17) is 5.26 Å². The molecular formula is C12H13N3O3. The fourth-order valence-electron chi connectivity index (χ4n) is 1.50. The van der Waals surface area contributed by atoms with Crippen molar-refractivity contribution in [3.05, 3.63) is 39.9 Å². The highest BCUT2D eigenvalue weighted by molar-refractivity contribution is 5.94. The van der Waals surface area contributed by atoms with Gasteiger partial charge in [-0.25, -0.2) is 0 Å². The summed E-state index contributed by atoms with van der Waals surface area (Å²) in [6.07, 6.45) is 0.270. The zero-order valence-corrected chi connectivity index (χ0v) is 10.00. The summed E-state index contributed by atoms with van der Waals surface area (Å²) in [5.41, 5.74) is 0.340. The Morgan fingerprint density at radius 2 is 2.06 bits per heavy atom. The number of hydrogen-bond acceptors (Lipinski definition) is 4. The van der Waals surface area contributed by atoms with Crippen LogP contribution < -0.4 is 0 Å². The van der Waals surface area contributed by atoms with Crippen molar-refractivity contribution in [1.29, 1.82) is 5.26 Å². The van der Waals surface area contributed by atoms with Crippen LogP contribution in [0.4, 0.5) is 5.69 Å². The first kappa shape index (κ1) is 13.6. The second kappa shape index (κ2) is 6.35. The Hall–Kier alpha value is -2.42. The summed E-state index contributed by atoms with van der Waals surface area (Å²) in [6.45, 7) is 2.68. The molecule has 0 N–H and O–H groups in total. The van der Waals surface area contributed by atoms with Gasteiger partial charge in [-0.2, -0.15) is 5.26 Å². The van der Waals surface area contributed by atoms with E-state index in [0.717, 1.165) is 0 Å². The van der Waals surface area contributed by atoms with Crippen molar-refractivity contribution in [1.82, 2.24) is 4.90 Å². The highest BCUT2D eigenvalue weighted by Gasteiger charge is 2.14. The highest BCUT2D eigenvalue weighted by atomic mass is 16.6. The molecule has 0 atom stereocenters. The average Bonchev–Trinajstić information content (AvgIpc) is 2.39. The Kier molecular flexibility index (Phi) is 4.81. The summed E-state index contributed by atoms with van der Waals surface area (Å²) in [7, 11) is 0. The molecule has 0 aliphatic carbocycles. The number of carbonyl (C=O) groups excluding carboxylic acids is 1. The lowest BCUT2D eigenvalue weighted by atomic mass is 10.2. The Bertz CT molecular complexity index is 476. The molecule has 0 radical (unpaired) electrons. The zero-order chi connectivity index (χ0) is 13.5. The fourth-order valence-corrected chi connectivity index (χ4v) is 1.50. The molecule has 1 amide bonds. The summed E-state index contributed by atoms with van der Waals surface area (Å²) in [5, 5.41) is 19.0. The number of nitro benzene ring substituents is 1. The molecule has 94 valence electrons. The number of benzene rings is 1. The molecule has 1 aromatic carbocycles. The van der Waals surface area contributed by atoms with Gasteiger partial charge in [-0.15, -0.1) is 0 Å². The predicted octanol–water partition coefficient (Wildman–Crippen LogP) is 1.97. The van der Waals surface area contributed by atoms with Crippen molar-refractivity contribution in [2.45, 2.75) is 13.3 Å². The van der Waals surface area contributed by atoms with Crippen molar-refractivity contribution in [2.24, 2.45) is 0 Å². The van der Waals surface area contributed by atoms with E-state index in [2.05, 4.69) is 0 Å². The maximum absolute atomic E-state index is 12.0. The lowest BCUT2D eigenvalue weighted by Crippen LogP contribution is -2.31. The van der Waals surface area contributed by atoms with Gasteiger partial charge in [0.15, 0.2) is 0 Å². The van der Waals surface area contributed by atoms with Crippen LogP contribution in [0, 0.1) is 21.4 Å². The van der Waals surface area contributed by atoms with E-state index in [1.807, 2.05) is 13.0 Å². The number of hydrogen-bond donors (Lipinski definition) is 0. The minimum absolute atomic E-state index is 0.0494. The standard InChI is InChI=1S/C12H13N3O3/c1-2-14(9-3-8-13)12(16)10-4-6-11(7-5-10)15(17)18/h4-7H,2-3,9H2,1H3. The first-order valence-electron chi connectivity index (χ1n) is 5.50. The van der Waals surface area contributed by atoms with E-state index in [1.54, 1.807) is 0 Å². The van der Waals surface area contributed by atoms with Crippen molar-refractivity contribution < 1.29 is 9.72 Å². The van der Waals surface area contributed by atoms with Crippen molar-refractivity contribution >= 4 is 11.6 Å². The number of nitrogens with zero attached hydrogens (tertiary/aromatic N) is 3. The molecule has 0 aromatic heterocycles. The molecule has 0 saturated heterocycles. The summed E-state index contributed by atoms with van der Waals surface area (Å²) in [4.78, 5) is 23.5. The van der Waals surface area contributed by atoms with Gasteiger partial charge in [-0.1, -0.05) is 0 Å². The topological polar surface area (TPSA) is 87.2 Å². The summed E-state index contributed by atoms with van der Waals surface area (Å²) in [5.74, 6) is -0.220. The van der Waals surface area contributed by atoms with Gasteiger partial charge in [0, 0.05) is 30.8 Å². The van der Waals surface area contributed by atoms with Gasteiger partial charge in [-0.3, -0.25) is 14.9 Å². The van der Waals surface area contributed by atoms with Crippen LogP contribution in [0.15, 0.2) is 24.3 Å². The monoisotopic (exact) mass is 247 g/mol. The zero-order valence-electron chi connectivity index (χ0n) is 10.00. The number of nitriles is 1. The van der Waals surface area contributed by atoms with E-state index in [-0.39, 0.29) is 18.0 Å². The summed E-state index contributed by atoms with van der Waals surface area (Å²) >= 11 is 0. The second-order valence-corrected chi connectivity index (χ2v) is 3.60. The molecule has 0 aliphatic rings. The largest absolute Gasteiger partial charge is 0.338 e. The average molecular weight is 247 g/mol. The molecule has 6 heteroatoms. The maximum Gasteiger partial charge on any atom is 0.269 e. The van der Waals surface area contributed by atoms with Crippen LogP contribution in [0.25, 0.3) is 0 Å². The number of amides is 1. The van der Waals surface area contributed by atoms with Crippen LogP contribution >= 0.6 is 0 Å². The molecule has 0 heterocycles. The SMILES string of the molecule is CCN(CCC#N)C(=O)c1ccc([N+](=O)[O-])cc1. The van der Waals surface area contributed by atoms with Crippen molar-refractivity contribution in [3.63, 3.8) is 0 Å². The number of nitro groups is 1. The van der Waals surface area contributed by atoms with E-state index >= 15 is 0 Å². The minimum atomic E-state index is -0.512. The predicted molar refractivity (Wildman–Crippen MR) is 64.9 cm³/mol. The number of carbonyl (C=O) groups is 1. The third-order valence-electron chi connectivity index (χ3n) is 2.49. The van der Waals surface area contributed by atoms with E-state index in [9.17, 15) is 14.9 Å². The minimum Gasteiger partial charge on any atom is -0.338 e. The van der Waals surface area contributed by atoms with Gasteiger partial charge in [0.1, 0.15) is 0 Å². The van der Waals surface area contributed by atoms with Crippen LogP contribution in [0.5, 0.6) is 0 Å². The molecule has 0 spiro atoms. The molecule has 1 aromatic rings. The number of non-ortho nitro benzene ring substituents is 1. The Morgan fingerprint density at radius 1 is 1.44 bits per heavy atom. The molecule has 1 rings (SSSR count). The quantitative estimate of drug-likeness (QED) is 0.587. The van der Waals surface area contributed by atoms with Crippen LogP contribution in [-0.4, -0.2) is 28.8 Å². The number of rotatable bonds is 5. The van der Waals surface area contributed by atoms with Crippen LogP contribution in [0.2, 0.25) is 0 Å². The van der Waals surface area contributed by atoms with Gasteiger partial charge >= 0.3 is 0 Å². The summed E-state index contributed by atoms with van der Waals surface area (Å²) in [6, 6.07) is 7.43. The molecule has 0 bridgehead atoms. The second-order valence-electron chi connectivity index (χ2n) is 3.60. The van der Waals surface area contributed by atoms with Gasteiger partial charge in [0.05, 0.1) is 17.4 Å². The molecule has 0 saturated carbocycles. The molecule has 6 nitrogen and oxygen atoms in total. The first-order valence-corrected chi connectivity index (χ1v) is 5.50. The summed E-state index contributed by atoms with van der Waals surface area (Å²) < 4.78 is 0. The third-order valence-corrected chi connectivity index (χ3v) is 2.49. The van der Waals surface area contributed by atoms with Crippen LogP contribution in [0.1, 0.15) is 23.7 Å². The van der Waals surface area contributed by atoms with Gasteiger partial charge < -0.3 is 4.90 Å². The molecule has 0 fully saturated rings. The Balaban J connectivity index is 2.82.